The maximum Gasteiger partial charge on any atom is 0.290 e. The van der Waals surface area contributed by atoms with E-state index in [9.17, 15) is 4.79 Å². The van der Waals surface area contributed by atoms with Gasteiger partial charge in [0.15, 0.2) is 0 Å². The number of tetrazole rings is 1. The van der Waals surface area contributed by atoms with Gasteiger partial charge in [0.25, 0.3) is 6.47 Å². The predicted octanol–water partition coefficient (Wildman–Crippen LogP) is -0.491. The molecule has 23 heavy (non-hydrogen) atoms. The molecule has 1 aliphatic heterocycles. The SMILES string of the molecule is O=C(Cn1cnnn1)N1CCC(Cn2ccnc2)CC1.O=CO. The summed E-state index contributed by atoms with van der Waals surface area (Å²) in [5.41, 5.74) is 0. The third kappa shape index (κ3) is 5.16. The molecule has 124 valence electrons. The Bertz CT molecular complexity index is 577. The molecule has 1 aliphatic rings. The van der Waals surface area contributed by atoms with Gasteiger partial charge in [0.2, 0.25) is 5.91 Å². The molecule has 1 amide bonds. The van der Waals surface area contributed by atoms with E-state index in [1.54, 1.807) is 6.20 Å². The van der Waals surface area contributed by atoms with Gasteiger partial charge in [-0.3, -0.25) is 9.59 Å². The molecule has 0 bridgehead atoms. The number of piperidine rings is 1. The molecule has 2 aromatic rings. The average Bonchev–Trinajstić information content (AvgIpc) is 3.23. The van der Waals surface area contributed by atoms with Crippen molar-refractivity contribution in [2.45, 2.75) is 25.9 Å². The maximum atomic E-state index is 12.1. The van der Waals surface area contributed by atoms with Gasteiger partial charge < -0.3 is 14.6 Å². The van der Waals surface area contributed by atoms with Gasteiger partial charge in [-0.05, 0) is 29.2 Å². The fourth-order valence-electron chi connectivity index (χ4n) is 2.55. The van der Waals surface area contributed by atoms with Gasteiger partial charge in [0, 0.05) is 32.0 Å². The molecule has 0 spiro atoms. The zero-order chi connectivity index (χ0) is 16.5. The first-order chi connectivity index (χ1) is 11.2. The van der Waals surface area contributed by atoms with Crippen molar-refractivity contribution in [2.75, 3.05) is 13.1 Å². The van der Waals surface area contributed by atoms with E-state index >= 15 is 0 Å². The number of likely N-dealkylation sites (tertiary alicyclic amines) is 1. The quantitative estimate of drug-likeness (QED) is 0.754. The molecule has 1 fully saturated rings. The second-order valence-electron chi connectivity index (χ2n) is 5.20. The van der Waals surface area contributed by atoms with E-state index in [0.717, 1.165) is 32.5 Å². The van der Waals surface area contributed by atoms with Crippen LogP contribution in [0, 0.1) is 5.92 Å². The Kier molecular flexibility index (Phi) is 6.21. The molecule has 0 unspecified atom stereocenters. The summed E-state index contributed by atoms with van der Waals surface area (Å²) in [5.74, 6) is 0.694. The zero-order valence-electron chi connectivity index (χ0n) is 12.6. The Morgan fingerprint density at radius 3 is 2.61 bits per heavy atom. The number of nitrogens with zero attached hydrogens (tertiary/aromatic N) is 7. The van der Waals surface area contributed by atoms with Gasteiger partial charge in [-0.2, -0.15) is 0 Å². The smallest absolute Gasteiger partial charge is 0.290 e. The van der Waals surface area contributed by atoms with Crippen molar-refractivity contribution in [3.8, 4) is 0 Å². The largest absolute Gasteiger partial charge is 0.483 e. The first kappa shape index (κ1) is 16.6. The standard InChI is InChI=1S/C12H17N7O.CH2O2/c20-12(8-19-10-14-15-16-19)18-4-1-11(2-5-18)7-17-6-3-13-9-17;2-1-3/h3,6,9-11H,1-2,4-5,7-8H2;1H,(H,2,3). The summed E-state index contributed by atoms with van der Waals surface area (Å²) in [6.45, 7) is 2.56. The van der Waals surface area contributed by atoms with Crippen molar-refractivity contribution < 1.29 is 14.7 Å². The molecule has 3 rings (SSSR count). The second-order valence-corrected chi connectivity index (χ2v) is 5.20. The van der Waals surface area contributed by atoms with Crippen molar-refractivity contribution in [3.05, 3.63) is 25.0 Å². The summed E-state index contributed by atoms with van der Waals surface area (Å²) < 4.78 is 3.56. The Balaban J connectivity index is 0.000000595. The highest BCUT2D eigenvalue weighted by molar-refractivity contribution is 5.75. The van der Waals surface area contributed by atoms with Crippen molar-refractivity contribution in [1.29, 1.82) is 0 Å². The van der Waals surface area contributed by atoms with E-state index in [0.29, 0.717) is 5.92 Å². The summed E-state index contributed by atoms with van der Waals surface area (Å²) in [7, 11) is 0. The van der Waals surface area contributed by atoms with Crippen LogP contribution in [0.15, 0.2) is 25.0 Å². The lowest BCUT2D eigenvalue weighted by Crippen LogP contribution is -2.41. The highest BCUT2D eigenvalue weighted by atomic mass is 16.3. The lowest BCUT2D eigenvalue weighted by molar-refractivity contribution is -0.133. The van der Waals surface area contributed by atoms with Crippen LogP contribution < -0.4 is 0 Å². The Hall–Kier alpha value is -2.78. The number of hydrogen-bond acceptors (Lipinski definition) is 6. The van der Waals surface area contributed by atoms with Gasteiger partial charge >= 0.3 is 0 Å². The predicted molar refractivity (Wildman–Crippen MR) is 78.0 cm³/mol. The molecule has 0 aromatic carbocycles. The molecule has 0 atom stereocenters. The van der Waals surface area contributed by atoms with E-state index in [1.807, 2.05) is 17.4 Å². The maximum absolute atomic E-state index is 12.1. The molecule has 0 radical (unpaired) electrons. The van der Waals surface area contributed by atoms with E-state index in [1.165, 1.54) is 11.0 Å². The summed E-state index contributed by atoms with van der Waals surface area (Å²) in [6, 6.07) is 0. The molecule has 0 aliphatic carbocycles. The molecular formula is C13H19N7O3. The van der Waals surface area contributed by atoms with Gasteiger partial charge in [0.1, 0.15) is 12.9 Å². The van der Waals surface area contributed by atoms with Crippen LogP contribution in [0.1, 0.15) is 12.8 Å². The summed E-state index contributed by atoms with van der Waals surface area (Å²) in [6.07, 6.45) is 9.14. The molecule has 1 N–H and O–H groups in total. The van der Waals surface area contributed by atoms with Gasteiger partial charge in [0.05, 0.1) is 6.33 Å². The number of hydrogen-bond donors (Lipinski definition) is 1. The van der Waals surface area contributed by atoms with Crippen LogP contribution in [0.3, 0.4) is 0 Å². The van der Waals surface area contributed by atoms with Crippen LogP contribution in [0.25, 0.3) is 0 Å². The number of imidazole rings is 1. The van der Waals surface area contributed by atoms with E-state index < -0.39 is 0 Å². The first-order valence-electron chi connectivity index (χ1n) is 7.25. The van der Waals surface area contributed by atoms with Crippen LogP contribution in [0.2, 0.25) is 0 Å². The number of carbonyl (C=O) groups is 2. The Labute approximate surface area is 132 Å². The topological polar surface area (TPSA) is 119 Å². The minimum atomic E-state index is -0.250. The third-order valence-electron chi connectivity index (χ3n) is 3.68. The van der Waals surface area contributed by atoms with Crippen LogP contribution >= 0.6 is 0 Å². The highest BCUT2D eigenvalue weighted by Crippen LogP contribution is 2.19. The molecular weight excluding hydrogens is 302 g/mol. The molecule has 1 saturated heterocycles. The summed E-state index contributed by atoms with van der Waals surface area (Å²) in [5, 5.41) is 17.7. The van der Waals surface area contributed by atoms with Crippen molar-refractivity contribution >= 4 is 12.4 Å². The minimum absolute atomic E-state index is 0.0818. The van der Waals surface area contributed by atoms with E-state index in [4.69, 9.17) is 9.90 Å². The lowest BCUT2D eigenvalue weighted by Gasteiger charge is -2.32. The summed E-state index contributed by atoms with van der Waals surface area (Å²) >= 11 is 0. The molecule has 2 aromatic heterocycles. The number of rotatable bonds is 4. The van der Waals surface area contributed by atoms with Crippen molar-refractivity contribution in [3.63, 3.8) is 0 Å². The molecule has 0 saturated carbocycles. The van der Waals surface area contributed by atoms with Crippen molar-refractivity contribution in [2.24, 2.45) is 5.92 Å². The molecule has 10 nitrogen and oxygen atoms in total. The van der Waals surface area contributed by atoms with Crippen LogP contribution in [0.4, 0.5) is 0 Å². The molecule has 10 heteroatoms. The van der Waals surface area contributed by atoms with Crippen LogP contribution in [0.5, 0.6) is 0 Å². The number of amides is 1. The normalized spacial score (nSPS) is 14.9. The van der Waals surface area contributed by atoms with Gasteiger partial charge in [-0.1, -0.05) is 0 Å². The van der Waals surface area contributed by atoms with Crippen LogP contribution in [-0.2, 0) is 22.7 Å². The first-order valence-corrected chi connectivity index (χ1v) is 7.25. The fraction of sp³-hybridized carbons (Fsp3) is 0.538. The van der Waals surface area contributed by atoms with E-state index in [-0.39, 0.29) is 18.9 Å². The van der Waals surface area contributed by atoms with E-state index in [2.05, 4.69) is 25.1 Å². The monoisotopic (exact) mass is 321 g/mol. The average molecular weight is 321 g/mol. The minimum Gasteiger partial charge on any atom is -0.483 e. The second kappa shape index (κ2) is 8.61. The summed E-state index contributed by atoms with van der Waals surface area (Å²) in [4.78, 5) is 26.4. The number of carbonyl (C=O) groups excluding carboxylic acids is 1. The number of carboxylic acid groups (broad SMARTS) is 1. The highest BCUT2D eigenvalue weighted by Gasteiger charge is 2.23. The zero-order valence-corrected chi connectivity index (χ0v) is 12.6. The van der Waals surface area contributed by atoms with Crippen molar-refractivity contribution in [1.82, 2.24) is 34.7 Å². The van der Waals surface area contributed by atoms with Gasteiger partial charge in [-0.15, -0.1) is 5.10 Å². The molecule has 3 heterocycles. The van der Waals surface area contributed by atoms with Crippen LogP contribution in [-0.4, -0.2) is 65.2 Å². The Morgan fingerprint density at radius 2 is 2.04 bits per heavy atom. The lowest BCUT2D eigenvalue weighted by atomic mass is 9.96. The number of aromatic nitrogens is 6. The fourth-order valence-corrected chi connectivity index (χ4v) is 2.55. The third-order valence-corrected chi connectivity index (χ3v) is 3.68. The Morgan fingerprint density at radius 1 is 1.30 bits per heavy atom. The van der Waals surface area contributed by atoms with Gasteiger partial charge in [-0.25, -0.2) is 9.67 Å².